The quantitative estimate of drug-likeness (QED) is 0.277. The molecule has 0 spiro atoms. The summed E-state index contributed by atoms with van der Waals surface area (Å²) in [5.74, 6) is 2.56. The molecule has 24 heavy (non-hydrogen) atoms. The fraction of sp³-hybridized carbons (Fsp3) is 0.500. The number of nitrogens with one attached hydrogen (secondary N) is 1. The molecule has 2 rings (SSSR count). The van der Waals surface area contributed by atoms with Gasteiger partial charge in [0.25, 0.3) is 0 Å². The van der Waals surface area contributed by atoms with Gasteiger partial charge >= 0.3 is 0 Å². The van der Waals surface area contributed by atoms with Crippen molar-refractivity contribution < 1.29 is 8.42 Å². The van der Waals surface area contributed by atoms with Crippen molar-refractivity contribution in [3.8, 4) is 0 Å². The van der Waals surface area contributed by atoms with Crippen LogP contribution >= 0.6 is 47.3 Å². The van der Waals surface area contributed by atoms with Gasteiger partial charge in [-0.1, -0.05) is 11.6 Å². The number of benzene rings is 1. The molecule has 1 aromatic rings. The summed E-state index contributed by atoms with van der Waals surface area (Å²) in [6.07, 6.45) is 0. The van der Waals surface area contributed by atoms with Crippen molar-refractivity contribution in [3.63, 3.8) is 0 Å². The summed E-state index contributed by atoms with van der Waals surface area (Å²) in [6.45, 7) is 3.99. The highest BCUT2D eigenvalue weighted by molar-refractivity contribution is 14.0. The molecule has 0 radical (unpaired) electrons. The molecule has 0 bridgehead atoms. The van der Waals surface area contributed by atoms with Gasteiger partial charge in [-0.3, -0.25) is 4.99 Å². The van der Waals surface area contributed by atoms with E-state index < -0.39 is 10.0 Å². The van der Waals surface area contributed by atoms with Crippen molar-refractivity contribution in [2.24, 2.45) is 10.7 Å². The summed E-state index contributed by atoms with van der Waals surface area (Å²) in [4.78, 5) is 6.49. The molecule has 6 nitrogen and oxygen atoms in total. The molecule has 0 amide bonds. The van der Waals surface area contributed by atoms with E-state index in [1.165, 1.54) is 6.07 Å². The van der Waals surface area contributed by atoms with E-state index in [1.54, 1.807) is 19.1 Å². The summed E-state index contributed by atoms with van der Waals surface area (Å²) in [5.41, 5.74) is 6.53. The standard InChI is InChI=1S/C14H21ClN4O2S2.HI/c1-11-10-12(15)2-3-13(11)23(20,21)18-5-4-17-14(16)19-6-8-22-9-7-19;/h2-3,10,18H,4-9H2,1H3,(H2,16,17);1H. The number of guanidine groups is 1. The Balaban J connectivity index is 0.00000288. The second-order valence-corrected chi connectivity index (χ2v) is 8.54. The van der Waals surface area contributed by atoms with E-state index in [2.05, 4.69) is 9.71 Å². The first-order chi connectivity index (χ1) is 10.9. The van der Waals surface area contributed by atoms with Gasteiger partial charge in [0, 0.05) is 36.2 Å². The van der Waals surface area contributed by atoms with Gasteiger partial charge in [0.1, 0.15) is 0 Å². The Labute approximate surface area is 169 Å². The Bertz CT molecular complexity index is 679. The maximum absolute atomic E-state index is 12.3. The summed E-state index contributed by atoms with van der Waals surface area (Å²) < 4.78 is 27.1. The second kappa shape index (κ2) is 10.0. The van der Waals surface area contributed by atoms with Crippen LogP contribution in [0, 0.1) is 6.92 Å². The van der Waals surface area contributed by atoms with E-state index in [9.17, 15) is 8.42 Å². The minimum Gasteiger partial charge on any atom is -0.370 e. The number of hydrogen-bond donors (Lipinski definition) is 2. The van der Waals surface area contributed by atoms with Crippen LogP contribution in [0.2, 0.25) is 5.02 Å². The highest BCUT2D eigenvalue weighted by atomic mass is 127. The Hall–Kier alpha value is -0.230. The maximum Gasteiger partial charge on any atom is 0.240 e. The Morgan fingerprint density at radius 3 is 2.71 bits per heavy atom. The van der Waals surface area contributed by atoms with E-state index in [-0.39, 0.29) is 35.4 Å². The number of hydrogen-bond acceptors (Lipinski definition) is 4. The minimum atomic E-state index is -3.57. The third-order valence-corrected chi connectivity index (χ3v) is 6.24. The maximum atomic E-state index is 12.3. The largest absolute Gasteiger partial charge is 0.370 e. The van der Waals surface area contributed by atoms with Crippen LogP contribution in [-0.4, -0.2) is 57.0 Å². The molecule has 1 heterocycles. The zero-order valence-electron chi connectivity index (χ0n) is 13.4. The zero-order valence-corrected chi connectivity index (χ0v) is 18.1. The third-order valence-electron chi connectivity index (χ3n) is 3.44. The van der Waals surface area contributed by atoms with E-state index in [0.717, 1.165) is 24.6 Å². The van der Waals surface area contributed by atoms with Gasteiger partial charge in [-0.2, -0.15) is 11.8 Å². The first-order valence-electron chi connectivity index (χ1n) is 7.28. The molecule has 0 aliphatic carbocycles. The molecule has 1 aromatic carbocycles. The lowest BCUT2D eigenvalue weighted by Gasteiger charge is -2.27. The van der Waals surface area contributed by atoms with Crippen molar-refractivity contribution >= 4 is 63.3 Å². The molecule has 0 unspecified atom stereocenters. The van der Waals surface area contributed by atoms with Crippen LogP contribution in [-0.2, 0) is 10.0 Å². The van der Waals surface area contributed by atoms with E-state index in [4.69, 9.17) is 17.3 Å². The fourth-order valence-electron chi connectivity index (χ4n) is 2.23. The molecule has 10 heteroatoms. The number of nitrogens with zero attached hydrogens (tertiary/aromatic N) is 2. The summed E-state index contributed by atoms with van der Waals surface area (Å²) in [6, 6.07) is 4.69. The van der Waals surface area contributed by atoms with Crippen molar-refractivity contribution in [3.05, 3.63) is 28.8 Å². The number of rotatable bonds is 5. The van der Waals surface area contributed by atoms with Gasteiger partial charge in [0.2, 0.25) is 10.0 Å². The van der Waals surface area contributed by atoms with Crippen LogP contribution in [0.4, 0.5) is 0 Å². The van der Waals surface area contributed by atoms with Crippen LogP contribution in [0.15, 0.2) is 28.1 Å². The van der Waals surface area contributed by atoms with Crippen molar-refractivity contribution in [1.29, 1.82) is 0 Å². The Morgan fingerprint density at radius 1 is 1.42 bits per heavy atom. The average molecular weight is 505 g/mol. The molecule has 0 atom stereocenters. The number of aryl methyl sites for hydroxylation is 1. The topological polar surface area (TPSA) is 87.8 Å². The monoisotopic (exact) mass is 504 g/mol. The van der Waals surface area contributed by atoms with Crippen molar-refractivity contribution in [2.45, 2.75) is 11.8 Å². The fourth-order valence-corrected chi connectivity index (χ4v) is 4.61. The number of sulfonamides is 1. The molecular weight excluding hydrogens is 483 g/mol. The highest BCUT2D eigenvalue weighted by Crippen LogP contribution is 2.19. The molecular formula is C14H22ClIN4O2S2. The molecule has 136 valence electrons. The highest BCUT2D eigenvalue weighted by Gasteiger charge is 2.16. The van der Waals surface area contributed by atoms with Gasteiger partial charge in [-0.25, -0.2) is 13.1 Å². The molecule has 3 N–H and O–H groups in total. The number of aliphatic imine (C=N–C) groups is 1. The normalized spacial score (nSPS) is 15.9. The van der Waals surface area contributed by atoms with E-state index >= 15 is 0 Å². The van der Waals surface area contributed by atoms with Gasteiger partial charge in [0.05, 0.1) is 11.4 Å². The summed E-state index contributed by atoms with van der Waals surface area (Å²) in [5, 5.41) is 0.513. The average Bonchev–Trinajstić information content (AvgIpc) is 2.52. The Morgan fingerprint density at radius 2 is 2.08 bits per heavy atom. The number of halogens is 2. The van der Waals surface area contributed by atoms with Gasteiger partial charge < -0.3 is 10.6 Å². The van der Waals surface area contributed by atoms with Gasteiger partial charge in [-0.05, 0) is 30.7 Å². The second-order valence-electron chi connectivity index (χ2n) is 5.15. The van der Waals surface area contributed by atoms with E-state index in [0.29, 0.717) is 23.1 Å². The number of thioether (sulfide) groups is 1. The van der Waals surface area contributed by atoms with Crippen molar-refractivity contribution in [1.82, 2.24) is 9.62 Å². The molecule has 1 saturated heterocycles. The first-order valence-corrected chi connectivity index (χ1v) is 10.3. The lowest BCUT2D eigenvalue weighted by atomic mass is 10.2. The predicted octanol–water partition coefficient (Wildman–Crippen LogP) is 1.91. The first kappa shape index (κ1) is 21.8. The smallest absolute Gasteiger partial charge is 0.240 e. The summed E-state index contributed by atoms with van der Waals surface area (Å²) in [7, 11) is -3.57. The molecule has 0 aromatic heterocycles. The minimum absolute atomic E-state index is 0. The molecule has 0 saturated carbocycles. The third kappa shape index (κ3) is 6.25. The Kier molecular flexibility index (Phi) is 9.13. The summed E-state index contributed by atoms with van der Waals surface area (Å²) >= 11 is 7.74. The molecule has 1 fully saturated rings. The SMILES string of the molecule is Cc1cc(Cl)ccc1S(=O)(=O)NCCN=C(N)N1CCSCC1.I. The van der Waals surface area contributed by atoms with Gasteiger partial charge in [0.15, 0.2) is 5.96 Å². The molecule has 1 aliphatic heterocycles. The lowest BCUT2D eigenvalue weighted by Crippen LogP contribution is -2.43. The predicted molar refractivity (Wildman–Crippen MR) is 112 cm³/mol. The van der Waals surface area contributed by atoms with Crippen molar-refractivity contribution in [2.75, 3.05) is 37.7 Å². The van der Waals surface area contributed by atoms with Crippen LogP contribution in [0.3, 0.4) is 0 Å². The number of nitrogens with two attached hydrogens (primary N) is 1. The van der Waals surface area contributed by atoms with E-state index in [1.807, 2.05) is 16.7 Å². The zero-order chi connectivity index (χ0) is 16.9. The van der Waals surface area contributed by atoms with Crippen LogP contribution in [0.1, 0.15) is 5.56 Å². The van der Waals surface area contributed by atoms with Crippen LogP contribution in [0.25, 0.3) is 0 Å². The van der Waals surface area contributed by atoms with Gasteiger partial charge in [-0.15, -0.1) is 24.0 Å². The lowest BCUT2D eigenvalue weighted by molar-refractivity contribution is 0.456. The van der Waals surface area contributed by atoms with Crippen LogP contribution in [0.5, 0.6) is 0 Å². The van der Waals surface area contributed by atoms with Crippen LogP contribution < -0.4 is 10.5 Å². The molecule has 1 aliphatic rings.